The third-order valence-corrected chi connectivity index (χ3v) is 9.00. The van der Waals surface area contributed by atoms with E-state index in [4.69, 9.17) is 32.9 Å². The molecule has 0 bridgehead atoms. The number of piperazine rings is 1. The second-order valence-electron chi connectivity index (χ2n) is 11.1. The fourth-order valence-electron chi connectivity index (χ4n) is 6.11. The molecule has 224 valence electrons. The van der Waals surface area contributed by atoms with Crippen molar-refractivity contribution in [1.82, 2.24) is 24.8 Å². The zero-order valence-electron chi connectivity index (χ0n) is 23.9. The van der Waals surface area contributed by atoms with Gasteiger partial charge in [-0.25, -0.2) is 4.39 Å². The first kappa shape index (κ1) is 29.3. The summed E-state index contributed by atoms with van der Waals surface area (Å²) in [4.78, 5) is 42.9. The van der Waals surface area contributed by atoms with Gasteiger partial charge in [0.1, 0.15) is 17.9 Å². The lowest BCUT2D eigenvalue weighted by Crippen LogP contribution is -2.53. The van der Waals surface area contributed by atoms with Crippen LogP contribution in [0.1, 0.15) is 19.8 Å². The maximum absolute atomic E-state index is 16.8. The average molecular weight is 626 g/mol. The number of rotatable bonds is 6. The number of aromatic nitrogens is 3. The molecule has 9 nitrogen and oxygen atoms in total. The van der Waals surface area contributed by atoms with Crippen molar-refractivity contribution in [3.05, 3.63) is 69.2 Å². The maximum atomic E-state index is 16.8. The highest BCUT2D eigenvalue weighted by Crippen LogP contribution is 2.41. The number of halogens is 3. The lowest BCUT2D eigenvalue weighted by molar-refractivity contribution is -0.126. The first-order valence-electron chi connectivity index (χ1n) is 14.2. The van der Waals surface area contributed by atoms with Crippen molar-refractivity contribution >= 4 is 56.6 Å². The third-order valence-electron chi connectivity index (χ3n) is 8.39. The molecule has 2 fully saturated rings. The highest BCUT2D eigenvalue weighted by molar-refractivity contribution is 6.38. The zero-order chi connectivity index (χ0) is 30.4. The SMILES string of the molecule is C=CC(=O)N1CCN(c2nc(OC[C@@H]3CCCN3C)nc3c(F)c(-c4[nH]c(=O)cc5cccc(Cl)c45)c(Cl)cc23)[C@@H](C)C1. The number of ether oxygens (including phenoxy) is 1. The Morgan fingerprint density at radius 2 is 2.02 bits per heavy atom. The Morgan fingerprint density at radius 3 is 2.74 bits per heavy atom. The number of benzene rings is 2. The molecule has 2 aromatic heterocycles. The molecule has 12 heteroatoms. The molecule has 0 radical (unpaired) electrons. The van der Waals surface area contributed by atoms with E-state index in [1.807, 2.05) is 18.9 Å². The normalized spacial score (nSPS) is 19.4. The van der Waals surface area contributed by atoms with Crippen LogP contribution < -0.4 is 15.2 Å². The Labute approximate surface area is 257 Å². The van der Waals surface area contributed by atoms with E-state index in [9.17, 15) is 9.59 Å². The number of fused-ring (bicyclic) bond motifs is 2. The van der Waals surface area contributed by atoms with Gasteiger partial charge in [0.2, 0.25) is 11.5 Å². The Bertz CT molecular complexity index is 1810. The van der Waals surface area contributed by atoms with Crippen LogP contribution in [-0.4, -0.2) is 82.6 Å². The van der Waals surface area contributed by atoms with E-state index in [2.05, 4.69) is 21.4 Å². The number of carbonyl (C=O) groups is 1. The number of carbonyl (C=O) groups excluding carboxylic acids is 1. The van der Waals surface area contributed by atoms with Crippen LogP contribution in [-0.2, 0) is 4.79 Å². The van der Waals surface area contributed by atoms with Gasteiger partial charge in [-0.05, 0) is 57.0 Å². The molecule has 1 amide bonds. The highest BCUT2D eigenvalue weighted by Gasteiger charge is 2.31. The van der Waals surface area contributed by atoms with E-state index in [0.29, 0.717) is 53.2 Å². The molecule has 0 unspecified atom stereocenters. The van der Waals surface area contributed by atoms with Crippen LogP contribution in [0.25, 0.3) is 32.9 Å². The minimum absolute atomic E-state index is 0.000814. The first-order valence-corrected chi connectivity index (χ1v) is 14.9. The summed E-state index contributed by atoms with van der Waals surface area (Å²) in [5, 5.41) is 1.81. The van der Waals surface area contributed by atoms with Crippen molar-refractivity contribution in [2.45, 2.75) is 31.8 Å². The number of nitrogens with one attached hydrogen (secondary N) is 1. The lowest BCUT2D eigenvalue weighted by Gasteiger charge is -2.40. The van der Waals surface area contributed by atoms with E-state index in [-0.39, 0.29) is 45.8 Å². The molecular weight excluding hydrogens is 594 g/mol. The van der Waals surface area contributed by atoms with Gasteiger partial charge in [0, 0.05) is 48.6 Å². The van der Waals surface area contributed by atoms with Crippen molar-refractivity contribution in [1.29, 1.82) is 0 Å². The van der Waals surface area contributed by atoms with Crippen LogP contribution in [0.2, 0.25) is 10.0 Å². The number of hydrogen-bond donors (Lipinski definition) is 1. The van der Waals surface area contributed by atoms with Crippen molar-refractivity contribution in [3.8, 4) is 17.3 Å². The van der Waals surface area contributed by atoms with Crippen molar-refractivity contribution in [2.24, 2.45) is 0 Å². The van der Waals surface area contributed by atoms with Crippen LogP contribution in [0.15, 0.2) is 47.8 Å². The molecule has 0 aliphatic carbocycles. The summed E-state index contributed by atoms with van der Waals surface area (Å²) in [5.74, 6) is -0.426. The number of pyridine rings is 1. The van der Waals surface area contributed by atoms with Gasteiger partial charge in [-0.1, -0.05) is 41.9 Å². The van der Waals surface area contributed by atoms with Gasteiger partial charge in [-0.2, -0.15) is 9.97 Å². The number of anilines is 1. The fraction of sp³-hybridized carbons (Fsp3) is 0.355. The largest absolute Gasteiger partial charge is 0.462 e. The summed E-state index contributed by atoms with van der Waals surface area (Å²) >= 11 is 13.3. The van der Waals surface area contributed by atoms with Crippen LogP contribution in [0, 0.1) is 5.82 Å². The van der Waals surface area contributed by atoms with E-state index in [1.54, 1.807) is 29.2 Å². The van der Waals surface area contributed by atoms with Crippen molar-refractivity contribution in [2.75, 3.05) is 44.7 Å². The predicted molar refractivity (Wildman–Crippen MR) is 168 cm³/mol. The summed E-state index contributed by atoms with van der Waals surface area (Å²) in [6.45, 7) is 8.22. The van der Waals surface area contributed by atoms with Gasteiger partial charge in [-0.15, -0.1) is 0 Å². The summed E-state index contributed by atoms with van der Waals surface area (Å²) in [6, 6.07) is 8.23. The molecule has 2 aromatic carbocycles. The molecular formula is C31H31Cl2FN6O3. The standard InChI is InChI=1S/C31H31Cl2FN6O3/c1-4-24(42)39-11-12-40(17(2)15-39)30-20-14-22(33)26(29-25-18(13-23(41)35-29)7-5-9-21(25)32)27(34)28(20)36-31(37-30)43-16-19-8-6-10-38(19)3/h4-5,7,9,13-14,17,19H,1,6,8,10-12,15-16H2,2-3H3,(H,35,41)/t17-,19-/m0/s1. The van der Waals surface area contributed by atoms with Crippen LogP contribution in [0.5, 0.6) is 6.01 Å². The molecule has 0 spiro atoms. The van der Waals surface area contributed by atoms with E-state index in [0.717, 1.165) is 19.4 Å². The number of likely N-dealkylation sites (N-methyl/N-ethyl adjacent to an activating group) is 1. The number of H-pyrrole nitrogens is 1. The molecule has 2 aliphatic heterocycles. The smallest absolute Gasteiger partial charge is 0.319 e. The van der Waals surface area contributed by atoms with Crippen LogP contribution in [0.3, 0.4) is 0 Å². The second kappa shape index (κ2) is 11.7. The third kappa shape index (κ3) is 5.43. The molecule has 0 saturated carbocycles. The summed E-state index contributed by atoms with van der Waals surface area (Å²) in [5.41, 5.74) is -0.279. The Balaban J connectivity index is 1.52. The summed E-state index contributed by atoms with van der Waals surface area (Å²) < 4.78 is 22.9. The summed E-state index contributed by atoms with van der Waals surface area (Å²) in [7, 11) is 2.05. The average Bonchev–Trinajstić information content (AvgIpc) is 3.39. The van der Waals surface area contributed by atoms with Gasteiger partial charge in [0.15, 0.2) is 5.82 Å². The van der Waals surface area contributed by atoms with E-state index >= 15 is 4.39 Å². The second-order valence-corrected chi connectivity index (χ2v) is 11.9. The first-order chi connectivity index (χ1) is 20.7. The Hall–Kier alpha value is -3.73. The highest BCUT2D eigenvalue weighted by atomic mass is 35.5. The van der Waals surface area contributed by atoms with Gasteiger partial charge in [-0.3, -0.25) is 9.59 Å². The van der Waals surface area contributed by atoms with Crippen LogP contribution in [0.4, 0.5) is 10.2 Å². The molecule has 43 heavy (non-hydrogen) atoms. The molecule has 2 atom stereocenters. The van der Waals surface area contributed by atoms with Gasteiger partial charge < -0.3 is 24.4 Å². The molecule has 6 rings (SSSR count). The maximum Gasteiger partial charge on any atom is 0.319 e. The lowest BCUT2D eigenvalue weighted by atomic mass is 10.0. The molecule has 2 saturated heterocycles. The quantitative estimate of drug-likeness (QED) is 0.292. The predicted octanol–water partition coefficient (Wildman–Crippen LogP) is 5.28. The van der Waals surface area contributed by atoms with Gasteiger partial charge in [0.25, 0.3) is 0 Å². The minimum Gasteiger partial charge on any atom is -0.462 e. The van der Waals surface area contributed by atoms with Gasteiger partial charge in [0.05, 0.1) is 21.3 Å². The number of hydrogen-bond acceptors (Lipinski definition) is 7. The van der Waals surface area contributed by atoms with E-state index in [1.165, 1.54) is 12.1 Å². The Morgan fingerprint density at radius 1 is 1.21 bits per heavy atom. The zero-order valence-corrected chi connectivity index (χ0v) is 25.4. The number of amides is 1. The van der Waals surface area contributed by atoms with E-state index < -0.39 is 11.4 Å². The summed E-state index contributed by atoms with van der Waals surface area (Å²) in [6.07, 6.45) is 3.35. The number of nitrogens with zero attached hydrogens (tertiary/aromatic N) is 5. The number of aromatic amines is 1. The van der Waals surface area contributed by atoms with Crippen molar-refractivity contribution < 1.29 is 13.9 Å². The van der Waals surface area contributed by atoms with Gasteiger partial charge >= 0.3 is 6.01 Å². The molecule has 4 heterocycles. The topological polar surface area (TPSA) is 94.7 Å². The molecule has 2 aliphatic rings. The Kier molecular flexibility index (Phi) is 8.02. The monoisotopic (exact) mass is 624 g/mol. The van der Waals surface area contributed by atoms with Crippen LogP contribution >= 0.6 is 23.2 Å². The number of likely N-dealkylation sites (tertiary alicyclic amines) is 1. The molecule has 1 N–H and O–H groups in total. The van der Waals surface area contributed by atoms with Crippen molar-refractivity contribution in [3.63, 3.8) is 0 Å². The molecule has 4 aromatic rings. The fourth-order valence-corrected chi connectivity index (χ4v) is 6.67. The minimum atomic E-state index is -0.731.